The smallest absolute Gasteiger partial charge is 0.0766 e. The average molecular weight is 351 g/mol. The lowest BCUT2D eigenvalue weighted by molar-refractivity contribution is 0.222. The van der Waals surface area contributed by atoms with Crippen LogP contribution in [0.2, 0.25) is 0 Å². The van der Waals surface area contributed by atoms with E-state index in [1.54, 1.807) is 0 Å². The lowest BCUT2D eigenvalue weighted by Gasteiger charge is -2.15. The predicted molar refractivity (Wildman–Crippen MR) is 89.4 cm³/mol. The summed E-state index contributed by atoms with van der Waals surface area (Å²) in [5, 5.41) is 14.4. The standard InChI is InChI=1S/C17H23BrN2O/c1-3-15-17(18)16(20(4-2)19-15)11-14(12-21)10-13-8-6-5-7-9-13/h5-9,14,21H,3-4,10-12H2,1-2H3. The van der Waals surface area contributed by atoms with E-state index < -0.39 is 0 Å². The zero-order chi connectivity index (χ0) is 15.2. The van der Waals surface area contributed by atoms with Crippen molar-refractivity contribution < 1.29 is 5.11 Å². The van der Waals surface area contributed by atoms with Crippen LogP contribution in [0.1, 0.15) is 30.8 Å². The van der Waals surface area contributed by atoms with Gasteiger partial charge >= 0.3 is 0 Å². The number of benzene rings is 1. The summed E-state index contributed by atoms with van der Waals surface area (Å²) >= 11 is 3.68. The van der Waals surface area contributed by atoms with Gasteiger partial charge in [-0.1, -0.05) is 37.3 Å². The Hall–Kier alpha value is -1.13. The Labute approximate surface area is 135 Å². The molecule has 1 atom stereocenters. The highest BCUT2D eigenvalue weighted by atomic mass is 79.9. The van der Waals surface area contributed by atoms with Crippen LogP contribution in [0.15, 0.2) is 34.8 Å². The maximum Gasteiger partial charge on any atom is 0.0766 e. The highest BCUT2D eigenvalue weighted by Crippen LogP contribution is 2.26. The Morgan fingerprint density at radius 2 is 1.90 bits per heavy atom. The molecule has 0 fully saturated rings. The lowest BCUT2D eigenvalue weighted by atomic mass is 9.95. The molecule has 1 aromatic carbocycles. The van der Waals surface area contributed by atoms with E-state index in [1.165, 1.54) is 11.3 Å². The Bertz CT molecular complexity index is 566. The van der Waals surface area contributed by atoms with Crippen LogP contribution >= 0.6 is 15.9 Å². The predicted octanol–water partition coefficient (Wildman–Crippen LogP) is 3.62. The van der Waals surface area contributed by atoms with Gasteiger partial charge in [-0.2, -0.15) is 5.10 Å². The third kappa shape index (κ3) is 3.95. The normalized spacial score (nSPS) is 12.6. The van der Waals surface area contributed by atoms with Gasteiger partial charge in [-0.3, -0.25) is 4.68 Å². The molecule has 0 amide bonds. The van der Waals surface area contributed by atoms with Gasteiger partial charge < -0.3 is 5.11 Å². The summed E-state index contributed by atoms with van der Waals surface area (Å²) in [5.74, 6) is 0.218. The molecular weight excluding hydrogens is 328 g/mol. The molecule has 1 aromatic heterocycles. The fourth-order valence-corrected chi connectivity index (χ4v) is 3.36. The van der Waals surface area contributed by atoms with Crippen molar-refractivity contribution in [1.82, 2.24) is 9.78 Å². The first-order valence-electron chi connectivity index (χ1n) is 7.58. The van der Waals surface area contributed by atoms with Gasteiger partial charge in [0.25, 0.3) is 0 Å². The number of rotatable bonds is 7. The first-order chi connectivity index (χ1) is 10.2. The summed E-state index contributed by atoms with van der Waals surface area (Å²) in [6.45, 7) is 5.27. The maximum absolute atomic E-state index is 9.72. The van der Waals surface area contributed by atoms with E-state index >= 15 is 0 Å². The zero-order valence-corrected chi connectivity index (χ0v) is 14.3. The molecule has 1 N–H and O–H groups in total. The average Bonchev–Trinajstić information content (AvgIpc) is 2.83. The van der Waals surface area contributed by atoms with Crippen molar-refractivity contribution in [3.63, 3.8) is 0 Å². The summed E-state index contributed by atoms with van der Waals surface area (Å²) in [6, 6.07) is 10.3. The van der Waals surface area contributed by atoms with Crippen LogP contribution in [0.3, 0.4) is 0 Å². The minimum Gasteiger partial charge on any atom is -0.396 e. The van der Waals surface area contributed by atoms with Gasteiger partial charge in [-0.25, -0.2) is 0 Å². The molecule has 0 aliphatic carbocycles. The molecule has 1 heterocycles. The minimum absolute atomic E-state index is 0.192. The molecule has 4 heteroatoms. The number of halogens is 1. The van der Waals surface area contributed by atoms with Crippen molar-refractivity contribution >= 4 is 15.9 Å². The third-order valence-corrected chi connectivity index (χ3v) is 4.72. The van der Waals surface area contributed by atoms with Crippen LogP contribution in [-0.4, -0.2) is 21.5 Å². The number of aryl methyl sites for hydroxylation is 2. The molecule has 0 aliphatic rings. The molecule has 0 aliphatic heterocycles. The quantitative estimate of drug-likeness (QED) is 0.827. The van der Waals surface area contributed by atoms with Gasteiger partial charge in [-0.15, -0.1) is 0 Å². The Morgan fingerprint density at radius 3 is 2.48 bits per heavy atom. The molecule has 0 spiro atoms. The molecule has 114 valence electrons. The van der Waals surface area contributed by atoms with Gasteiger partial charge in [0.1, 0.15) is 0 Å². The van der Waals surface area contributed by atoms with E-state index in [0.29, 0.717) is 0 Å². The molecule has 2 aromatic rings. The fourth-order valence-electron chi connectivity index (χ4n) is 2.63. The number of hydrogen-bond acceptors (Lipinski definition) is 2. The molecular formula is C17H23BrN2O. The topological polar surface area (TPSA) is 38.0 Å². The van der Waals surface area contributed by atoms with E-state index in [4.69, 9.17) is 0 Å². The molecule has 0 saturated carbocycles. The zero-order valence-electron chi connectivity index (χ0n) is 12.7. The van der Waals surface area contributed by atoms with Crippen molar-refractivity contribution in [1.29, 1.82) is 0 Å². The number of aliphatic hydroxyl groups is 1. The lowest BCUT2D eigenvalue weighted by Crippen LogP contribution is -2.16. The second kappa shape index (κ2) is 7.76. The number of aromatic nitrogens is 2. The second-order valence-corrected chi connectivity index (χ2v) is 6.11. The van der Waals surface area contributed by atoms with Crippen molar-refractivity contribution in [2.24, 2.45) is 5.92 Å². The molecule has 0 radical (unpaired) electrons. The van der Waals surface area contributed by atoms with E-state index in [1.807, 2.05) is 18.2 Å². The summed E-state index contributed by atoms with van der Waals surface area (Å²) in [6.07, 6.45) is 2.65. The summed E-state index contributed by atoms with van der Waals surface area (Å²) in [4.78, 5) is 0. The van der Waals surface area contributed by atoms with Crippen molar-refractivity contribution in [2.45, 2.75) is 39.7 Å². The van der Waals surface area contributed by atoms with E-state index in [2.05, 4.69) is 51.7 Å². The van der Waals surface area contributed by atoms with Gasteiger partial charge in [0, 0.05) is 13.2 Å². The summed E-state index contributed by atoms with van der Waals surface area (Å²) < 4.78 is 3.16. The largest absolute Gasteiger partial charge is 0.396 e. The highest BCUT2D eigenvalue weighted by molar-refractivity contribution is 9.10. The highest BCUT2D eigenvalue weighted by Gasteiger charge is 2.18. The second-order valence-electron chi connectivity index (χ2n) is 5.32. The van der Waals surface area contributed by atoms with Crippen LogP contribution in [0.5, 0.6) is 0 Å². The monoisotopic (exact) mass is 350 g/mol. The maximum atomic E-state index is 9.72. The third-order valence-electron chi connectivity index (χ3n) is 3.80. The molecule has 3 nitrogen and oxygen atoms in total. The number of nitrogens with zero attached hydrogens (tertiary/aromatic N) is 2. The van der Waals surface area contributed by atoms with E-state index in [0.717, 1.165) is 36.0 Å². The van der Waals surface area contributed by atoms with Crippen molar-refractivity contribution in [3.8, 4) is 0 Å². The SMILES string of the molecule is CCc1nn(CC)c(CC(CO)Cc2ccccc2)c1Br. The molecule has 2 rings (SSSR count). The number of aliphatic hydroxyl groups excluding tert-OH is 1. The molecule has 0 saturated heterocycles. The van der Waals surface area contributed by atoms with Gasteiger partial charge in [-0.05, 0) is 53.6 Å². The summed E-state index contributed by atoms with van der Waals surface area (Å²) in [7, 11) is 0. The van der Waals surface area contributed by atoms with Gasteiger partial charge in [0.05, 0.1) is 15.9 Å². The molecule has 21 heavy (non-hydrogen) atoms. The molecule has 1 unspecified atom stereocenters. The van der Waals surface area contributed by atoms with Crippen LogP contribution in [-0.2, 0) is 25.8 Å². The fraction of sp³-hybridized carbons (Fsp3) is 0.471. The minimum atomic E-state index is 0.192. The van der Waals surface area contributed by atoms with E-state index in [9.17, 15) is 5.11 Å². The number of hydrogen-bond donors (Lipinski definition) is 1. The first kappa shape index (κ1) is 16.2. The Balaban J connectivity index is 2.16. The first-order valence-corrected chi connectivity index (χ1v) is 8.37. The van der Waals surface area contributed by atoms with Crippen molar-refractivity contribution in [3.05, 3.63) is 51.8 Å². The van der Waals surface area contributed by atoms with Crippen LogP contribution in [0, 0.1) is 5.92 Å². The summed E-state index contributed by atoms with van der Waals surface area (Å²) in [5.41, 5.74) is 3.57. The van der Waals surface area contributed by atoms with Crippen LogP contribution < -0.4 is 0 Å². The molecule has 0 bridgehead atoms. The van der Waals surface area contributed by atoms with Gasteiger partial charge in [0.2, 0.25) is 0 Å². The van der Waals surface area contributed by atoms with Gasteiger partial charge in [0.15, 0.2) is 0 Å². The Kier molecular flexibility index (Phi) is 6.00. The van der Waals surface area contributed by atoms with Crippen LogP contribution in [0.4, 0.5) is 0 Å². The van der Waals surface area contributed by atoms with Crippen LogP contribution in [0.25, 0.3) is 0 Å². The Morgan fingerprint density at radius 1 is 1.19 bits per heavy atom. The van der Waals surface area contributed by atoms with E-state index in [-0.39, 0.29) is 12.5 Å². The van der Waals surface area contributed by atoms with Crippen molar-refractivity contribution in [2.75, 3.05) is 6.61 Å².